The zero-order valence-corrected chi connectivity index (χ0v) is 12.7. The van der Waals surface area contributed by atoms with Crippen LogP contribution < -0.4 is 4.90 Å². The number of benzene rings is 2. The van der Waals surface area contributed by atoms with Gasteiger partial charge in [-0.3, -0.25) is 4.79 Å². The third kappa shape index (κ3) is 2.57. The van der Waals surface area contributed by atoms with Gasteiger partial charge < -0.3 is 14.4 Å². The molecule has 0 radical (unpaired) electrons. The number of amides is 1. The lowest BCUT2D eigenvalue weighted by atomic mass is 10.1. The summed E-state index contributed by atoms with van der Waals surface area (Å²) in [6, 6.07) is 14.1. The van der Waals surface area contributed by atoms with Gasteiger partial charge in [0.2, 0.25) is 0 Å². The number of aryl methyl sites for hydroxylation is 1. The van der Waals surface area contributed by atoms with E-state index in [1.54, 1.807) is 32.2 Å². The number of carbonyl (C=O) groups is 2. The van der Waals surface area contributed by atoms with Crippen molar-refractivity contribution in [2.75, 3.05) is 11.9 Å². The summed E-state index contributed by atoms with van der Waals surface area (Å²) in [5, 5.41) is 9.75. The lowest BCUT2D eigenvalue weighted by Crippen LogP contribution is -2.26. The third-order valence-corrected chi connectivity index (χ3v) is 3.77. The average molecular weight is 309 g/mol. The maximum atomic E-state index is 12.6. The molecule has 0 aliphatic heterocycles. The standard InChI is InChI=1S/C18H15NO4/c1-11-16(18(21)22)14-10-12(8-9-15(14)23-11)17(20)19(2)13-6-4-3-5-7-13/h3-10H,1-2H3,(H,21,22). The maximum Gasteiger partial charge on any atom is 0.339 e. The van der Waals surface area contributed by atoms with E-state index in [1.807, 2.05) is 30.3 Å². The Morgan fingerprint density at radius 2 is 1.78 bits per heavy atom. The summed E-state index contributed by atoms with van der Waals surface area (Å²) in [5.41, 5.74) is 1.72. The van der Waals surface area contributed by atoms with Gasteiger partial charge in [0.05, 0.1) is 0 Å². The summed E-state index contributed by atoms with van der Waals surface area (Å²) >= 11 is 0. The van der Waals surface area contributed by atoms with E-state index in [4.69, 9.17) is 4.42 Å². The van der Waals surface area contributed by atoms with Crippen LogP contribution in [0.2, 0.25) is 0 Å². The first-order valence-corrected chi connectivity index (χ1v) is 7.08. The number of nitrogens with zero attached hydrogens (tertiary/aromatic N) is 1. The molecule has 5 nitrogen and oxygen atoms in total. The second kappa shape index (κ2) is 5.61. The fourth-order valence-electron chi connectivity index (χ4n) is 2.58. The van der Waals surface area contributed by atoms with Gasteiger partial charge in [0, 0.05) is 23.7 Å². The number of carboxylic acids is 1. The minimum Gasteiger partial charge on any atom is -0.478 e. The normalized spacial score (nSPS) is 10.7. The van der Waals surface area contributed by atoms with Crippen LogP contribution in [0.25, 0.3) is 11.0 Å². The first kappa shape index (κ1) is 14.8. The Bertz CT molecular complexity index is 896. The fourth-order valence-corrected chi connectivity index (χ4v) is 2.58. The van der Waals surface area contributed by atoms with Crippen molar-refractivity contribution in [3.63, 3.8) is 0 Å². The summed E-state index contributed by atoms with van der Waals surface area (Å²) in [4.78, 5) is 25.5. The number of para-hydroxylation sites is 1. The zero-order valence-electron chi connectivity index (χ0n) is 12.7. The van der Waals surface area contributed by atoms with Gasteiger partial charge in [-0.15, -0.1) is 0 Å². The number of hydrogen-bond acceptors (Lipinski definition) is 3. The molecule has 0 atom stereocenters. The van der Waals surface area contributed by atoms with E-state index < -0.39 is 5.97 Å². The van der Waals surface area contributed by atoms with Gasteiger partial charge in [0.1, 0.15) is 16.9 Å². The van der Waals surface area contributed by atoms with Crippen LogP contribution in [-0.4, -0.2) is 24.0 Å². The van der Waals surface area contributed by atoms with Gasteiger partial charge in [-0.1, -0.05) is 18.2 Å². The molecule has 23 heavy (non-hydrogen) atoms. The summed E-state index contributed by atoms with van der Waals surface area (Å²) < 4.78 is 5.43. The summed E-state index contributed by atoms with van der Waals surface area (Å²) in [6.45, 7) is 1.60. The highest BCUT2D eigenvalue weighted by molar-refractivity contribution is 6.10. The quantitative estimate of drug-likeness (QED) is 0.800. The molecular weight excluding hydrogens is 294 g/mol. The van der Waals surface area contributed by atoms with E-state index in [0.717, 1.165) is 5.69 Å². The van der Waals surface area contributed by atoms with Crippen molar-refractivity contribution in [2.45, 2.75) is 6.92 Å². The molecular formula is C18H15NO4. The lowest BCUT2D eigenvalue weighted by molar-refractivity contribution is 0.0696. The van der Waals surface area contributed by atoms with Crippen molar-refractivity contribution < 1.29 is 19.1 Å². The van der Waals surface area contributed by atoms with Crippen LogP contribution in [0.3, 0.4) is 0 Å². The van der Waals surface area contributed by atoms with Crippen molar-refractivity contribution in [3.05, 3.63) is 65.4 Å². The van der Waals surface area contributed by atoms with Gasteiger partial charge in [0.25, 0.3) is 5.91 Å². The Morgan fingerprint density at radius 3 is 2.43 bits per heavy atom. The highest BCUT2D eigenvalue weighted by Gasteiger charge is 2.20. The van der Waals surface area contributed by atoms with Crippen LogP contribution in [-0.2, 0) is 0 Å². The predicted octanol–water partition coefficient (Wildman–Crippen LogP) is 3.72. The Kier molecular flexibility index (Phi) is 3.62. The third-order valence-electron chi connectivity index (χ3n) is 3.77. The molecule has 116 valence electrons. The van der Waals surface area contributed by atoms with Gasteiger partial charge in [-0.05, 0) is 37.3 Å². The molecule has 0 saturated carbocycles. The van der Waals surface area contributed by atoms with Crippen molar-refractivity contribution >= 4 is 28.5 Å². The number of furan rings is 1. The van der Waals surface area contributed by atoms with Crippen LogP contribution in [0.5, 0.6) is 0 Å². The summed E-state index contributed by atoms with van der Waals surface area (Å²) in [7, 11) is 1.68. The summed E-state index contributed by atoms with van der Waals surface area (Å²) in [5.74, 6) is -0.955. The lowest BCUT2D eigenvalue weighted by Gasteiger charge is -2.17. The molecule has 1 heterocycles. The van der Waals surface area contributed by atoms with Crippen molar-refractivity contribution in [1.29, 1.82) is 0 Å². The Balaban J connectivity index is 2.05. The number of rotatable bonds is 3. The highest BCUT2D eigenvalue weighted by Crippen LogP contribution is 2.27. The van der Waals surface area contributed by atoms with E-state index in [9.17, 15) is 14.7 Å². The molecule has 0 spiro atoms. The number of fused-ring (bicyclic) bond motifs is 1. The molecule has 0 aliphatic rings. The van der Waals surface area contributed by atoms with Crippen LogP contribution in [0.15, 0.2) is 52.9 Å². The Morgan fingerprint density at radius 1 is 1.09 bits per heavy atom. The molecule has 3 aromatic rings. The number of aromatic carboxylic acids is 1. The maximum absolute atomic E-state index is 12.6. The van der Waals surface area contributed by atoms with E-state index in [0.29, 0.717) is 22.3 Å². The highest BCUT2D eigenvalue weighted by atomic mass is 16.4. The molecule has 0 fully saturated rings. The van der Waals surface area contributed by atoms with Gasteiger partial charge in [-0.25, -0.2) is 4.79 Å². The van der Waals surface area contributed by atoms with Gasteiger partial charge in [-0.2, -0.15) is 0 Å². The molecule has 5 heteroatoms. The van der Waals surface area contributed by atoms with Crippen LogP contribution >= 0.6 is 0 Å². The monoisotopic (exact) mass is 309 g/mol. The number of anilines is 1. The largest absolute Gasteiger partial charge is 0.478 e. The molecule has 0 aliphatic carbocycles. The SMILES string of the molecule is Cc1oc2ccc(C(=O)N(C)c3ccccc3)cc2c1C(=O)O. The molecule has 0 bridgehead atoms. The Labute approximate surface area is 132 Å². The van der Waals surface area contributed by atoms with Crippen molar-refractivity contribution in [3.8, 4) is 0 Å². The van der Waals surface area contributed by atoms with Crippen LogP contribution in [0.1, 0.15) is 26.5 Å². The number of hydrogen-bond donors (Lipinski definition) is 1. The molecule has 0 unspecified atom stereocenters. The first-order valence-electron chi connectivity index (χ1n) is 7.08. The molecule has 1 amide bonds. The van der Waals surface area contributed by atoms with Gasteiger partial charge >= 0.3 is 5.97 Å². The average Bonchev–Trinajstić information content (AvgIpc) is 2.89. The molecule has 3 rings (SSSR count). The molecule has 1 aromatic heterocycles. The molecule has 2 aromatic carbocycles. The van der Waals surface area contributed by atoms with Crippen molar-refractivity contribution in [1.82, 2.24) is 0 Å². The van der Waals surface area contributed by atoms with Crippen molar-refractivity contribution in [2.24, 2.45) is 0 Å². The van der Waals surface area contributed by atoms with E-state index >= 15 is 0 Å². The smallest absolute Gasteiger partial charge is 0.339 e. The molecule has 0 saturated heterocycles. The number of carbonyl (C=O) groups excluding carboxylic acids is 1. The van der Waals surface area contributed by atoms with E-state index in [-0.39, 0.29) is 11.5 Å². The number of carboxylic acid groups (broad SMARTS) is 1. The molecule has 1 N–H and O–H groups in total. The minimum absolute atomic E-state index is 0.0945. The van der Waals surface area contributed by atoms with E-state index in [1.165, 1.54) is 4.90 Å². The predicted molar refractivity (Wildman–Crippen MR) is 87.1 cm³/mol. The Hall–Kier alpha value is -3.08. The van der Waals surface area contributed by atoms with Crippen LogP contribution in [0.4, 0.5) is 5.69 Å². The zero-order chi connectivity index (χ0) is 16.6. The van der Waals surface area contributed by atoms with Gasteiger partial charge in [0.15, 0.2) is 0 Å². The topological polar surface area (TPSA) is 70.8 Å². The minimum atomic E-state index is -1.07. The first-order chi connectivity index (χ1) is 11.0. The van der Waals surface area contributed by atoms with E-state index in [2.05, 4.69) is 0 Å². The summed E-state index contributed by atoms with van der Waals surface area (Å²) in [6.07, 6.45) is 0. The fraction of sp³-hybridized carbons (Fsp3) is 0.111. The van der Waals surface area contributed by atoms with Crippen LogP contribution in [0, 0.1) is 6.92 Å². The second-order valence-electron chi connectivity index (χ2n) is 5.25. The second-order valence-corrected chi connectivity index (χ2v) is 5.25.